The lowest BCUT2D eigenvalue weighted by Crippen LogP contribution is -2.34. The van der Waals surface area contributed by atoms with Gasteiger partial charge in [-0.2, -0.15) is 0 Å². The Kier molecular flexibility index (Phi) is 7.03. The maximum atomic E-state index is 12.1. The highest BCUT2D eigenvalue weighted by Gasteiger charge is 2.15. The molecule has 0 bridgehead atoms. The molecule has 0 heterocycles. The van der Waals surface area contributed by atoms with Gasteiger partial charge in [0.15, 0.2) is 0 Å². The maximum Gasteiger partial charge on any atom is 0.269 e. The van der Waals surface area contributed by atoms with E-state index in [1.165, 1.54) is 12.1 Å². The van der Waals surface area contributed by atoms with Crippen LogP contribution in [0.15, 0.2) is 53.4 Å². The smallest absolute Gasteiger partial charge is 0.269 e. The van der Waals surface area contributed by atoms with Gasteiger partial charge in [-0.05, 0) is 31.0 Å². The number of hydrogen-bond donors (Lipinski definition) is 2. The second-order valence-corrected chi connectivity index (χ2v) is 7.75. The molecule has 0 aliphatic carbocycles. The molecule has 2 aromatic rings. The minimum absolute atomic E-state index is 0.0234. The van der Waals surface area contributed by atoms with E-state index in [0.717, 1.165) is 23.3 Å². The first-order valence-electron chi connectivity index (χ1n) is 8.34. The summed E-state index contributed by atoms with van der Waals surface area (Å²) < 4.78 is 26.6. The zero-order chi connectivity index (χ0) is 19.9. The molecule has 0 saturated heterocycles. The number of nitro benzene ring substituents is 1. The number of rotatable bonds is 9. The molecule has 27 heavy (non-hydrogen) atoms. The van der Waals surface area contributed by atoms with Crippen molar-refractivity contribution < 1.29 is 18.1 Å². The number of aryl methyl sites for hydroxylation is 2. The third-order valence-electron chi connectivity index (χ3n) is 3.86. The van der Waals surface area contributed by atoms with Crippen LogP contribution < -0.4 is 10.0 Å². The average Bonchev–Trinajstić information content (AvgIpc) is 2.65. The SMILES string of the molecule is Cc1ccc(CCC(=O)NCCNS(=O)(=O)c2ccc([N+](=O)[O-])cc2)cc1. The van der Waals surface area contributed by atoms with Crippen molar-refractivity contribution in [3.05, 3.63) is 69.8 Å². The Hall–Kier alpha value is -2.78. The topological polar surface area (TPSA) is 118 Å². The molecule has 0 unspecified atom stereocenters. The molecule has 9 heteroatoms. The van der Waals surface area contributed by atoms with Crippen LogP contribution in [0.1, 0.15) is 17.5 Å². The molecule has 2 aromatic carbocycles. The molecule has 0 saturated carbocycles. The molecule has 0 aromatic heterocycles. The van der Waals surface area contributed by atoms with Crippen LogP contribution in [0.4, 0.5) is 5.69 Å². The van der Waals surface area contributed by atoms with Crippen molar-refractivity contribution in [2.75, 3.05) is 13.1 Å². The van der Waals surface area contributed by atoms with Crippen molar-refractivity contribution in [2.24, 2.45) is 0 Å². The van der Waals surface area contributed by atoms with Crippen molar-refractivity contribution in [1.82, 2.24) is 10.0 Å². The van der Waals surface area contributed by atoms with Crippen LogP contribution in [0, 0.1) is 17.0 Å². The monoisotopic (exact) mass is 391 g/mol. The average molecular weight is 391 g/mol. The fourth-order valence-corrected chi connectivity index (χ4v) is 3.35. The van der Waals surface area contributed by atoms with Gasteiger partial charge in [-0.25, -0.2) is 13.1 Å². The fourth-order valence-electron chi connectivity index (χ4n) is 2.32. The summed E-state index contributed by atoms with van der Waals surface area (Å²) in [5, 5.41) is 13.3. The first-order valence-corrected chi connectivity index (χ1v) is 9.82. The molecule has 0 aliphatic rings. The van der Waals surface area contributed by atoms with Crippen molar-refractivity contribution in [3.63, 3.8) is 0 Å². The van der Waals surface area contributed by atoms with Gasteiger partial charge >= 0.3 is 0 Å². The third-order valence-corrected chi connectivity index (χ3v) is 5.34. The predicted octanol–water partition coefficient (Wildman–Crippen LogP) is 1.93. The minimum Gasteiger partial charge on any atom is -0.355 e. The second kappa shape index (κ2) is 9.24. The van der Waals surface area contributed by atoms with Gasteiger partial charge in [-0.1, -0.05) is 29.8 Å². The van der Waals surface area contributed by atoms with Crippen molar-refractivity contribution in [2.45, 2.75) is 24.7 Å². The zero-order valence-electron chi connectivity index (χ0n) is 14.8. The Balaban J connectivity index is 1.73. The van der Waals surface area contributed by atoms with Crippen LogP contribution in [0.2, 0.25) is 0 Å². The number of nitro groups is 1. The first-order chi connectivity index (χ1) is 12.8. The van der Waals surface area contributed by atoms with E-state index in [1.54, 1.807) is 0 Å². The van der Waals surface area contributed by atoms with Gasteiger partial charge < -0.3 is 5.32 Å². The van der Waals surface area contributed by atoms with Crippen LogP contribution in [0.25, 0.3) is 0 Å². The highest BCUT2D eigenvalue weighted by Crippen LogP contribution is 2.15. The maximum absolute atomic E-state index is 12.1. The number of benzene rings is 2. The van der Waals surface area contributed by atoms with Crippen LogP contribution >= 0.6 is 0 Å². The van der Waals surface area contributed by atoms with E-state index in [1.807, 2.05) is 31.2 Å². The molecule has 0 radical (unpaired) electrons. The molecular weight excluding hydrogens is 370 g/mol. The molecule has 0 fully saturated rings. The first kappa shape index (κ1) is 20.5. The van der Waals surface area contributed by atoms with Crippen molar-refractivity contribution in [1.29, 1.82) is 0 Å². The number of carbonyl (C=O) groups excluding carboxylic acids is 1. The summed E-state index contributed by atoms with van der Waals surface area (Å²) in [4.78, 5) is 21.8. The van der Waals surface area contributed by atoms with Crippen LogP contribution in [-0.4, -0.2) is 32.3 Å². The minimum atomic E-state index is -3.78. The molecule has 8 nitrogen and oxygen atoms in total. The van der Waals surface area contributed by atoms with E-state index >= 15 is 0 Å². The Morgan fingerprint density at radius 3 is 2.26 bits per heavy atom. The molecule has 0 atom stereocenters. The Bertz CT molecular complexity index is 894. The Labute approximate surface area is 157 Å². The Morgan fingerprint density at radius 1 is 1.04 bits per heavy atom. The van der Waals surface area contributed by atoms with Gasteiger partial charge in [0.1, 0.15) is 0 Å². The molecular formula is C18H21N3O5S. The van der Waals surface area contributed by atoms with Gasteiger partial charge in [0.25, 0.3) is 5.69 Å². The van der Waals surface area contributed by atoms with E-state index in [-0.39, 0.29) is 29.6 Å². The van der Waals surface area contributed by atoms with E-state index in [4.69, 9.17) is 0 Å². The molecule has 0 aliphatic heterocycles. The van der Waals surface area contributed by atoms with Crippen LogP contribution in [-0.2, 0) is 21.2 Å². The standard InChI is InChI=1S/C18H21N3O5S/c1-14-2-4-15(5-3-14)6-11-18(22)19-12-13-20-27(25,26)17-9-7-16(8-10-17)21(23)24/h2-5,7-10,20H,6,11-13H2,1H3,(H,19,22). The summed E-state index contributed by atoms with van der Waals surface area (Å²) in [6.07, 6.45) is 0.929. The second-order valence-electron chi connectivity index (χ2n) is 5.98. The number of nitrogens with one attached hydrogen (secondary N) is 2. The van der Waals surface area contributed by atoms with E-state index in [2.05, 4.69) is 10.0 Å². The van der Waals surface area contributed by atoms with Gasteiger partial charge in [0.2, 0.25) is 15.9 Å². The normalized spacial score (nSPS) is 11.1. The predicted molar refractivity (Wildman–Crippen MR) is 101 cm³/mol. The molecule has 144 valence electrons. The molecule has 2 rings (SSSR count). The summed E-state index contributed by atoms with van der Waals surface area (Å²) in [7, 11) is -3.78. The lowest BCUT2D eigenvalue weighted by Gasteiger charge is -2.08. The van der Waals surface area contributed by atoms with Gasteiger partial charge in [0, 0.05) is 31.6 Å². The summed E-state index contributed by atoms with van der Waals surface area (Å²) >= 11 is 0. The van der Waals surface area contributed by atoms with Gasteiger partial charge in [-0.3, -0.25) is 14.9 Å². The number of hydrogen-bond acceptors (Lipinski definition) is 5. The van der Waals surface area contributed by atoms with E-state index < -0.39 is 14.9 Å². The third kappa shape index (κ3) is 6.46. The van der Waals surface area contributed by atoms with Crippen molar-refractivity contribution >= 4 is 21.6 Å². The molecule has 1 amide bonds. The number of non-ortho nitro benzene ring substituents is 1. The van der Waals surface area contributed by atoms with Crippen molar-refractivity contribution in [3.8, 4) is 0 Å². The zero-order valence-corrected chi connectivity index (χ0v) is 15.7. The van der Waals surface area contributed by atoms with E-state index in [0.29, 0.717) is 12.8 Å². The summed E-state index contributed by atoms with van der Waals surface area (Å²) in [6.45, 7) is 2.17. The molecule has 2 N–H and O–H groups in total. The van der Waals surface area contributed by atoms with Gasteiger partial charge in [-0.15, -0.1) is 0 Å². The quantitative estimate of drug-likeness (QED) is 0.385. The highest BCUT2D eigenvalue weighted by molar-refractivity contribution is 7.89. The molecule has 0 spiro atoms. The number of carbonyl (C=O) groups is 1. The highest BCUT2D eigenvalue weighted by atomic mass is 32.2. The Morgan fingerprint density at radius 2 is 1.67 bits per heavy atom. The summed E-state index contributed by atoms with van der Waals surface area (Å²) in [6, 6.07) is 12.5. The number of sulfonamides is 1. The summed E-state index contributed by atoms with van der Waals surface area (Å²) in [5.41, 5.74) is 2.04. The lowest BCUT2D eigenvalue weighted by molar-refractivity contribution is -0.384. The number of nitrogens with zero attached hydrogens (tertiary/aromatic N) is 1. The largest absolute Gasteiger partial charge is 0.355 e. The van der Waals surface area contributed by atoms with Gasteiger partial charge in [0.05, 0.1) is 9.82 Å². The van der Waals surface area contributed by atoms with E-state index in [9.17, 15) is 23.3 Å². The van der Waals surface area contributed by atoms with Crippen LogP contribution in [0.5, 0.6) is 0 Å². The fraction of sp³-hybridized carbons (Fsp3) is 0.278. The summed E-state index contributed by atoms with van der Waals surface area (Å²) in [5.74, 6) is -0.162. The number of amides is 1. The lowest BCUT2D eigenvalue weighted by atomic mass is 10.1. The van der Waals surface area contributed by atoms with Crippen LogP contribution in [0.3, 0.4) is 0 Å².